The van der Waals surface area contributed by atoms with E-state index in [1.54, 1.807) is 36.4 Å². The lowest BCUT2D eigenvalue weighted by Crippen LogP contribution is -2.39. The van der Waals surface area contributed by atoms with E-state index < -0.39 is 11.8 Å². The van der Waals surface area contributed by atoms with Crippen LogP contribution in [0.3, 0.4) is 0 Å². The van der Waals surface area contributed by atoms with E-state index >= 15 is 0 Å². The second-order valence-electron chi connectivity index (χ2n) is 10.1. The van der Waals surface area contributed by atoms with Crippen LogP contribution in [0.1, 0.15) is 37.6 Å². The van der Waals surface area contributed by atoms with Crippen molar-refractivity contribution >= 4 is 28.5 Å². The number of benzene rings is 3. The predicted molar refractivity (Wildman–Crippen MR) is 145 cm³/mol. The summed E-state index contributed by atoms with van der Waals surface area (Å²) < 4.78 is 26.7. The standard InChI is InChI=1S/C30H31FN2O5/c1-30(2,3)27(33-21-10-8-19(9-11-21)29(36)32-15-14-28(34)35)18-37-22-12-13-23(24(31)17-22)26-16-20-6-4-5-7-25(20)38-26/h4-13,16-17,27,33H,14-15,18H2,1-3H3,(H,32,36)(H,34,35). The second kappa shape index (κ2) is 11.4. The summed E-state index contributed by atoms with van der Waals surface area (Å²) >= 11 is 0. The summed E-state index contributed by atoms with van der Waals surface area (Å²) in [5.41, 5.74) is 2.10. The van der Waals surface area contributed by atoms with E-state index in [0.717, 1.165) is 11.1 Å². The minimum absolute atomic E-state index is 0.0669. The van der Waals surface area contributed by atoms with Gasteiger partial charge in [0.25, 0.3) is 5.91 Å². The number of anilines is 1. The summed E-state index contributed by atoms with van der Waals surface area (Å²) in [6.07, 6.45) is -0.134. The van der Waals surface area contributed by atoms with Gasteiger partial charge in [0, 0.05) is 29.2 Å². The molecule has 1 aromatic heterocycles. The molecule has 7 nitrogen and oxygen atoms in total. The molecule has 3 aromatic carbocycles. The maximum Gasteiger partial charge on any atom is 0.305 e. The summed E-state index contributed by atoms with van der Waals surface area (Å²) in [7, 11) is 0. The predicted octanol–water partition coefficient (Wildman–Crippen LogP) is 6.35. The van der Waals surface area contributed by atoms with Gasteiger partial charge in [-0.3, -0.25) is 9.59 Å². The highest BCUT2D eigenvalue weighted by molar-refractivity contribution is 5.94. The first-order valence-electron chi connectivity index (χ1n) is 12.4. The number of halogens is 1. The molecular formula is C30H31FN2O5. The number of ether oxygens (including phenoxy) is 1. The second-order valence-corrected chi connectivity index (χ2v) is 10.1. The summed E-state index contributed by atoms with van der Waals surface area (Å²) in [4.78, 5) is 22.8. The first kappa shape index (κ1) is 26.7. The first-order chi connectivity index (χ1) is 18.1. The van der Waals surface area contributed by atoms with Crippen LogP contribution in [0.2, 0.25) is 0 Å². The van der Waals surface area contributed by atoms with Crippen LogP contribution < -0.4 is 15.4 Å². The largest absolute Gasteiger partial charge is 0.491 e. The number of hydrogen-bond donors (Lipinski definition) is 3. The fourth-order valence-electron chi connectivity index (χ4n) is 3.89. The molecule has 1 heterocycles. The highest BCUT2D eigenvalue weighted by Crippen LogP contribution is 2.32. The summed E-state index contributed by atoms with van der Waals surface area (Å²) in [6, 6.07) is 20.9. The highest BCUT2D eigenvalue weighted by atomic mass is 19.1. The molecule has 1 unspecified atom stereocenters. The topological polar surface area (TPSA) is 101 Å². The Hall–Kier alpha value is -4.33. The van der Waals surface area contributed by atoms with Crippen molar-refractivity contribution in [2.45, 2.75) is 33.2 Å². The number of carbonyl (C=O) groups excluding carboxylic acids is 1. The molecule has 0 radical (unpaired) electrons. The number of hydrogen-bond acceptors (Lipinski definition) is 5. The third kappa shape index (κ3) is 6.70. The van der Waals surface area contributed by atoms with Crippen LogP contribution in [-0.2, 0) is 4.79 Å². The van der Waals surface area contributed by atoms with Crippen molar-refractivity contribution in [3.05, 3.63) is 84.2 Å². The molecule has 0 saturated heterocycles. The number of aliphatic carboxylic acids is 1. The van der Waals surface area contributed by atoms with Crippen LogP contribution in [0.5, 0.6) is 5.75 Å². The number of fused-ring (bicyclic) bond motifs is 1. The van der Waals surface area contributed by atoms with E-state index in [4.69, 9.17) is 14.3 Å². The summed E-state index contributed by atoms with van der Waals surface area (Å²) in [5.74, 6) is -0.860. The maximum absolute atomic E-state index is 15.0. The molecule has 38 heavy (non-hydrogen) atoms. The van der Waals surface area contributed by atoms with Crippen LogP contribution in [-0.4, -0.2) is 36.2 Å². The number of rotatable bonds is 10. The molecule has 1 atom stereocenters. The van der Waals surface area contributed by atoms with Gasteiger partial charge in [0.15, 0.2) is 0 Å². The smallest absolute Gasteiger partial charge is 0.305 e. The zero-order chi connectivity index (χ0) is 27.3. The van der Waals surface area contributed by atoms with E-state index in [1.807, 2.05) is 30.3 Å². The van der Waals surface area contributed by atoms with E-state index in [1.165, 1.54) is 6.07 Å². The lowest BCUT2D eigenvalue weighted by atomic mass is 9.87. The molecule has 198 valence electrons. The molecule has 0 bridgehead atoms. The van der Waals surface area contributed by atoms with Gasteiger partial charge in [0.05, 0.1) is 18.0 Å². The van der Waals surface area contributed by atoms with Crippen molar-refractivity contribution in [1.29, 1.82) is 0 Å². The van der Waals surface area contributed by atoms with Gasteiger partial charge in [0.2, 0.25) is 0 Å². The van der Waals surface area contributed by atoms with E-state index in [9.17, 15) is 14.0 Å². The molecule has 0 spiro atoms. The molecule has 0 saturated carbocycles. The third-order valence-electron chi connectivity index (χ3n) is 6.21. The molecule has 3 N–H and O–H groups in total. The molecular weight excluding hydrogens is 487 g/mol. The molecule has 0 aliphatic rings. The van der Waals surface area contributed by atoms with E-state index in [2.05, 4.69) is 31.4 Å². The number of carboxylic acids is 1. The number of furan rings is 1. The number of nitrogens with one attached hydrogen (secondary N) is 2. The van der Waals surface area contributed by atoms with Crippen molar-refractivity contribution < 1.29 is 28.2 Å². The Bertz CT molecular complexity index is 1390. The van der Waals surface area contributed by atoms with Crippen LogP contribution in [0, 0.1) is 11.2 Å². The SMILES string of the molecule is CC(C)(C)C(COc1ccc(-c2cc3ccccc3o2)c(F)c1)Nc1ccc(C(=O)NCCC(=O)O)cc1. The summed E-state index contributed by atoms with van der Waals surface area (Å²) in [5, 5.41) is 15.6. The number of carbonyl (C=O) groups is 2. The van der Waals surface area contributed by atoms with Crippen molar-refractivity contribution in [3.8, 4) is 17.1 Å². The first-order valence-corrected chi connectivity index (χ1v) is 12.4. The average Bonchev–Trinajstić information content (AvgIpc) is 3.30. The number of amides is 1. The van der Waals surface area contributed by atoms with Gasteiger partial charge in [-0.05, 0) is 53.9 Å². The van der Waals surface area contributed by atoms with Crippen molar-refractivity contribution in [3.63, 3.8) is 0 Å². The van der Waals surface area contributed by atoms with Gasteiger partial charge in [-0.2, -0.15) is 0 Å². The van der Waals surface area contributed by atoms with Crippen LogP contribution in [0.25, 0.3) is 22.3 Å². The van der Waals surface area contributed by atoms with Crippen molar-refractivity contribution in [1.82, 2.24) is 5.32 Å². The van der Waals surface area contributed by atoms with Gasteiger partial charge in [-0.15, -0.1) is 0 Å². The molecule has 0 fully saturated rings. The Kier molecular flexibility index (Phi) is 8.00. The molecule has 4 rings (SSSR count). The Balaban J connectivity index is 1.39. The Morgan fingerprint density at radius 1 is 1.03 bits per heavy atom. The van der Waals surface area contributed by atoms with Crippen molar-refractivity contribution in [2.75, 3.05) is 18.5 Å². The van der Waals surface area contributed by atoms with Gasteiger partial charge in [0.1, 0.15) is 29.5 Å². The van der Waals surface area contributed by atoms with Gasteiger partial charge in [-0.25, -0.2) is 4.39 Å². The minimum Gasteiger partial charge on any atom is -0.491 e. The van der Waals surface area contributed by atoms with E-state index in [-0.39, 0.29) is 36.9 Å². The fourth-order valence-corrected chi connectivity index (χ4v) is 3.89. The lowest BCUT2D eigenvalue weighted by molar-refractivity contribution is -0.136. The maximum atomic E-state index is 15.0. The normalized spacial score (nSPS) is 12.2. The quantitative estimate of drug-likeness (QED) is 0.226. The van der Waals surface area contributed by atoms with E-state index in [0.29, 0.717) is 28.2 Å². The molecule has 8 heteroatoms. The lowest BCUT2D eigenvalue weighted by Gasteiger charge is -2.32. The Morgan fingerprint density at radius 3 is 2.42 bits per heavy atom. The van der Waals surface area contributed by atoms with Crippen LogP contribution in [0.4, 0.5) is 10.1 Å². The highest BCUT2D eigenvalue weighted by Gasteiger charge is 2.26. The zero-order valence-electron chi connectivity index (χ0n) is 21.6. The number of carboxylic acid groups (broad SMARTS) is 1. The molecule has 0 aliphatic carbocycles. The third-order valence-corrected chi connectivity index (χ3v) is 6.21. The van der Waals surface area contributed by atoms with Crippen LogP contribution in [0.15, 0.2) is 77.2 Å². The molecule has 0 aliphatic heterocycles. The van der Waals surface area contributed by atoms with Gasteiger partial charge in [-0.1, -0.05) is 39.0 Å². The minimum atomic E-state index is -0.967. The number of para-hydroxylation sites is 1. The van der Waals surface area contributed by atoms with Gasteiger partial charge >= 0.3 is 5.97 Å². The molecule has 4 aromatic rings. The average molecular weight is 519 g/mol. The molecule has 1 amide bonds. The summed E-state index contributed by atoms with van der Waals surface area (Å²) in [6.45, 7) is 6.57. The Morgan fingerprint density at radius 2 is 1.76 bits per heavy atom. The van der Waals surface area contributed by atoms with Gasteiger partial charge < -0.3 is 24.9 Å². The zero-order valence-corrected chi connectivity index (χ0v) is 21.6. The van der Waals surface area contributed by atoms with Crippen molar-refractivity contribution in [2.24, 2.45) is 5.41 Å². The van der Waals surface area contributed by atoms with Crippen LogP contribution >= 0.6 is 0 Å². The monoisotopic (exact) mass is 518 g/mol. The Labute approximate surface area is 220 Å². The fraction of sp³-hybridized carbons (Fsp3) is 0.267.